The van der Waals surface area contributed by atoms with Crippen LogP contribution in [0.15, 0.2) is 95.7 Å². The van der Waals surface area contributed by atoms with Gasteiger partial charge in [0.2, 0.25) is 0 Å². The van der Waals surface area contributed by atoms with Crippen molar-refractivity contribution in [2.24, 2.45) is 5.41 Å². The Balaban J connectivity index is 0.000000312. The average molecular weight is 880 g/mol. The van der Waals surface area contributed by atoms with Crippen LogP contribution in [0.5, 0.6) is 0 Å². The Hall–Kier alpha value is -4.37. The van der Waals surface area contributed by atoms with Crippen molar-refractivity contribution in [1.82, 2.24) is 9.97 Å². The summed E-state index contributed by atoms with van der Waals surface area (Å²) < 4.78 is 142. The van der Waals surface area contributed by atoms with Crippen LogP contribution >= 0.6 is 0 Å². The van der Waals surface area contributed by atoms with Gasteiger partial charge in [-0.05, 0) is 101 Å². The van der Waals surface area contributed by atoms with Gasteiger partial charge >= 0.3 is 0 Å². The summed E-state index contributed by atoms with van der Waals surface area (Å²) in [7, 11) is 0. The first-order valence-corrected chi connectivity index (χ1v) is 16.5. The minimum absolute atomic E-state index is 0. The maximum atomic E-state index is 8.28. The fraction of sp³-hybridized carbons (Fsp3) is 0.292. The number of rotatable bonds is 4. The SMILES string of the molecule is [2H]C([2H])([2H])c1c[c-]c(-c2ccc(C([2H])([2H])C(C)(C)C)cn2)cc1.[2H]C([2H])([2H])c1cc(C([2H])([2H])[2H])c2oc3c(-c4cc(-c5ccc(C(C)(C)C)cc5C([2H])([2H])[2H])c(C([2H])([2H])[2H])cn4)[c-]ccc3c2c1.[Ir]. The quantitative estimate of drug-likeness (QED) is 0.165. The number of nitrogens with zero attached hydrogens (tertiary/aromatic N) is 2. The molecule has 0 spiro atoms. The van der Waals surface area contributed by atoms with Crippen LogP contribution in [0.1, 0.15) is 104 Å². The second kappa shape index (κ2) is 15.3. The summed E-state index contributed by atoms with van der Waals surface area (Å²) in [6, 6.07) is 26.2. The first-order chi connectivity index (χ1) is 30.9. The molecule has 4 heteroatoms. The van der Waals surface area contributed by atoms with Crippen LogP contribution < -0.4 is 0 Å². The van der Waals surface area contributed by atoms with E-state index >= 15 is 0 Å². The fourth-order valence-electron chi connectivity index (χ4n) is 5.74. The molecule has 4 aromatic carbocycles. The molecular weight excluding hydrogens is 813 g/mol. The van der Waals surface area contributed by atoms with Crippen molar-refractivity contribution in [3.8, 4) is 33.6 Å². The third-order valence-electron chi connectivity index (χ3n) is 8.24. The van der Waals surface area contributed by atoms with Gasteiger partial charge in [-0.15, -0.1) is 53.6 Å². The molecule has 52 heavy (non-hydrogen) atoms. The van der Waals surface area contributed by atoms with Crippen LogP contribution in [0.2, 0.25) is 0 Å². The summed E-state index contributed by atoms with van der Waals surface area (Å²) in [6.07, 6.45) is 1.22. The first-order valence-electron chi connectivity index (χ1n) is 25.0. The Bertz CT molecular complexity index is 2970. The van der Waals surface area contributed by atoms with Gasteiger partial charge < -0.3 is 14.4 Å². The summed E-state index contributed by atoms with van der Waals surface area (Å²) in [5, 5.41) is 0.693. The predicted molar refractivity (Wildman–Crippen MR) is 215 cm³/mol. The maximum Gasteiger partial charge on any atom is 0.123 e. The molecule has 0 aliphatic rings. The molecule has 269 valence electrons. The monoisotopic (exact) mass is 880 g/mol. The summed E-state index contributed by atoms with van der Waals surface area (Å²) in [5.41, 5.74) is 2.32. The first kappa shape index (κ1) is 22.0. The van der Waals surface area contributed by atoms with E-state index in [9.17, 15) is 0 Å². The number of fused-ring (bicyclic) bond motifs is 3. The predicted octanol–water partition coefficient (Wildman–Crippen LogP) is 13.1. The zero-order valence-corrected chi connectivity index (χ0v) is 32.2. The number of benzene rings is 4. The largest absolute Gasteiger partial charge is 0.500 e. The van der Waals surface area contributed by atoms with Gasteiger partial charge in [0.15, 0.2) is 0 Å². The molecule has 7 rings (SSSR count). The molecule has 1 radical (unpaired) electrons. The van der Waals surface area contributed by atoms with Crippen molar-refractivity contribution in [2.45, 2.75) is 87.6 Å². The van der Waals surface area contributed by atoms with Crippen LogP contribution in [0, 0.1) is 51.8 Å². The Kier molecular flexibility index (Phi) is 6.47. The molecule has 3 aromatic heterocycles. The zero-order valence-electron chi connectivity index (χ0n) is 46.8. The van der Waals surface area contributed by atoms with Crippen molar-refractivity contribution in [3.63, 3.8) is 0 Å². The molecule has 3 heterocycles. The van der Waals surface area contributed by atoms with E-state index in [1.165, 1.54) is 30.6 Å². The smallest absolute Gasteiger partial charge is 0.123 e. The van der Waals surface area contributed by atoms with E-state index in [1.807, 2.05) is 41.5 Å². The van der Waals surface area contributed by atoms with Gasteiger partial charge in [-0.1, -0.05) is 107 Å². The Morgan fingerprint density at radius 2 is 1.46 bits per heavy atom. The van der Waals surface area contributed by atoms with E-state index in [2.05, 4.69) is 22.1 Å². The summed E-state index contributed by atoms with van der Waals surface area (Å²) in [4.78, 5) is 8.71. The molecule has 0 amide bonds. The minimum Gasteiger partial charge on any atom is -0.500 e. The van der Waals surface area contributed by atoms with Gasteiger partial charge in [0.1, 0.15) is 5.58 Å². The Morgan fingerprint density at radius 1 is 0.673 bits per heavy atom. The van der Waals surface area contributed by atoms with Crippen molar-refractivity contribution < 1.29 is 47.8 Å². The molecular formula is C48H50IrN2O-2. The number of aromatic nitrogens is 2. The van der Waals surface area contributed by atoms with Crippen molar-refractivity contribution in [1.29, 1.82) is 0 Å². The normalized spacial score (nSPS) is 18.0. The van der Waals surface area contributed by atoms with Gasteiger partial charge in [0.25, 0.3) is 0 Å². The van der Waals surface area contributed by atoms with Gasteiger partial charge in [-0.2, -0.15) is 0 Å². The van der Waals surface area contributed by atoms with Gasteiger partial charge in [0.05, 0.1) is 5.58 Å². The van der Waals surface area contributed by atoms with Gasteiger partial charge in [-0.3, -0.25) is 0 Å². The molecule has 0 unspecified atom stereocenters. The third-order valence-corrected chi connectivity index (χ3v) is 8.24. The molecule has 0 bridgehead atoms. The van der Waals surface area contributed by atoms with E-state index in [-0.39, 0.29) is 92.3 Å². The standard InChI is InChI=1S/C31H30NO.C17H20N.Ir/c1-18-13-20(3)29-27(14-18)24-9-8-10-25(30(24)33-29)28-16-26(21(4)17-32-28)23-12-11-22(15-19(23)2)31(5,6)7;1-13-5-8-15(9-6-13)16-10-7-14(12-18-16)11-17(2,3)4;/h8-9,11-17H,1-7H3;5-8,10,12H,11H2,1-4H3;/q2*-1;/i1D3,2D3,3D3,4D3;1D3,11D2;. The molecule has 0 fully saturated rings. The van der Waals surface area contributed by atoms with Crippen molar-refractivity contribution in [2.75, 3.05) is 0 Å². The number of furan rings is 1. The van der Waals surface area contributed by atoms with Gasteiger partial charge in [0, 0.05) is 61.2 Å². The van der Waals surface area contributed by atoms with Crippen molar-refractivity contribution in [3.05, 3.63) is 142 Å². The van der Waals surface area contributed by atoms with E-state index in [0.29, 0.717) is 22.2 Å². The number of hydrogen-bond donors (Lipinski definition) is 0. The second-order valence-electron chi connectivity index (χ2n) is 14.5. The molecule has 7 aromatic rings. The average Bonchev–Trinajstić information content (AvgIpc) is 3.60. The number of pyridine rings is 2. The molecule has 0 aliphatic heterocycles. The number of hydrogen-bond acceptors (Lipinski definition) is 3. The molecule has 0 saturated carbocycles. The Morgan fingerprint density at radius 3 is 2.12 bits per heavy atom. The third kappa shape index (κ3) is 8.63. The van der Waals surface area contributed by atoms with Crippen LogP contribution in [0.25, 0.3) is 55.6 Å². The summed E-state index contributed by atoms with van der Waals surface area (Å²) >= 11 is 0. The van der Waals surface area contributed by atoms with Crippen LogP contribution in [0.4, 0.5) is 0 Å². The molecule has 0 saturated heterocycles. The van der Waals surface area contributed by atoms with E-state index in [0.717, 1.165) is 11.6 Å². The van der Waals surface area contributed by atoms with E-state index in [1.54, 1.807) is 54.6 Å². The summed E-state index contributed by atoms with van der Waals surface area (Å²) in [6.45, 7) is -1.21. The molecule has 0 atom stereocenters. The minimum atomic E-state index is -2.69. The van der Waals surface area contributed by atoms with E-state index < -0.39 is 46.0 Å². The van der Waals surface area contributed by atoms with Crippen LogP contribution in [-0.4, -0.2) is 9.97 Å². The van der Waals surface area contributed by atoms with Crippen molar-refractivity contribution >= 4 is 21.9 Å². The molecule has 0 N–H and O–H groups in total. The van der Waals surface area contributed by atoms with Gasteiger partial charge in [-0.25, -0.2) is 0 Å². The summed E-state index contributed by atoms with van der Waals surface area (Å²) in [5.74, 6) is 0. The fourth-order valence-corrected chi connectivity index (χ4v) is 5.74. The van der Waals surface area contributed by atoms with Crippen LogP contribution in [0.3, 0.4) is 0 Å². The zero-order chi connectivity index (χ0) is 51.0. The van der Waals surface area contributed by atoms with Crippen LogP contribution in [-0.2, 0) is 31.9 Å². The second-order valence-corrected chi connectivity index (χ2v) is 14.5. The topological polar surface area (TPSA) is 38.9 Å². The number of aryl methyl sites for hydroxylation is 5. The maximum absolute atomic E-state index is 8.28. The Labute approximate surface area is 348 Å². The molecule has 0 aliphatic carbocycles. The molecule has 3 nitrogen and oxygen atoms in total. The van der Waals surface area contributed by atoms with E-state index in [4.69, 9.17) is 27.7 Å².